The second-order valence-electron chi connectivity index (χ2n) is 5.40. The molecule has 1 atom stereocenters. The fourth-order valence-electron chi connectivity index (χ4n) is 2.12. The molecule has 1 aromatic carbocycles. The number of benzene rings is 1. The lowest BCUT2D eigenvalue weighted by atomic mass is 9.99. The maximum atomic E-state index is 11.8. The number of unbranched alkanes of at least 4 members (excludes halogenated alkanes) is 1. The number of amides is 2. The van der Waals surface area contributed by atoms with Crippen molar-refractivity contribution in [1.29, 1.82) is 0 Å². The molecule has 0 radical (unpaired) electrons. The van der Waals surface area contributed by atoms with E-state index in [9.17, 15) is 9.59 Å². The van der Waals surface area contributed by atoms with Gasteiger partial charge in [0, 0.05) is 12.1 Å². The van der Waals surface area contributed by atoms with Crippen LogP contribution >= 0.6 is 0 Å². The largest absolute Gasteiger partial charge is 0.484 e. The maximum Gasteiger partial charge on any atom is 0.257 e. The van der Waals surface area contributed by atoms with Crippen molar-refractivity contribution in [3.8, 4) is 5.75 Å². The summed E-state index contributed by atoms with van der Waals surface area (Å²) in [5, 5.41) is 2.90. The summed E-state index contributed by atoms with van der Waals surface area (Å²) in [6.07, 6.45) is 4.57. The molecular weight excluding hydrogens is 280 g/mol. The van der Waals surface area contributed by atoms with Gasteiger partial charge in [0.05, 0.1) is 0 Å². The van der Waals surface area contributed by atoms with Crippen LogP contribution in [0.25, 0.3) is 0 Å². The Labute approximate surface area is 132 Å². The molecule has 0 aliphatic carbocycles. The number of nitrogens with one attached hydrogen (secondary N) is 1. The Bertz CT molecular complexity index is 471. The van der Waals surface area contributed by atoms with E-state index in [0.717, 1.165) is 12.8 Å². The molecule has 0 spiro atoms. The number of rotatable bonds is 10. The van der Waals surface area contributed by atoms with Crippen molar-refractivity contribution in [3.05, 3.63) is 29.8 Å². The van der Waals surface area contributed by atoms with Crippen LogP contribution < -0.4 is 15.8 Å². The third-order valence-corrected chi connectivity index (χ3v) is 3.64. The molecule has 0 aliphatic rings. The maximum absolute atomic E-state index is 11.8. The van der Waals surface area contributed by atoms with Gasteiger partial charge in [0.25, 0.3) is 5.91 Å². The fraction of sp³-hybridized carbons (Fsp3) is 0.529. The van der Waals surface area contributed by atoms with Gasteiger partial charge >= 0.3 is 0 Å². The average Bonchev–Trinajstić information content (AvgIpc) is 2.53. The van der Waals surface area contributed by atoms with Gasteiger partial charge < -0.3 is 15.8 Å². The third kappa shape index (κ3) is 6.61. The van der Waals surface area contributed by atoms with Crippen molar-refractivity contribution >= 4 is 11.8 Å². The number of hydrogen-bond acceptors (Lipinski definition) is 3. The first-order valence-corrected chi connectivity index (χ1v) is 7.86. The van der Waals surface area contributed by atoms with Crippen molar-refractivity contribution in [2.24, 2.45) is 11.7 Å². The molecule has 0 saturated heterocycles. The zero-order chi connectivity index (χ0) is 16.4. The molecule has 1 rings (SSSR count). The van der Waals surface area contributed by atoms with Crippen molar-refractivity contribution < 1.29 is 14.3 Å². The van der Waals surface area contributed by atoms with E-state index in [1.807, 2.05) is 0 Å². The van der Waals surface area contributed by atoms with Crippen molar-refractivity contribution in [2.75, 3.05) is 13.2 Å². The van der Waals surface area contributed by atoms with E-state index >= 15 is 0 Å². The van der Waals surface area contributed by atoms with Gasteiger partial charge in [-0.05, 0) is 36.6 Å². The lowest BCUT2D eigenvalue weighted by Gasteiger charge is -2.15. The van der Waals surface area contributed by atoms with Crippen molar-refractivity contribution in [3.63, 3.8) is 0 Å². The summed E-state index contributed by atoms with van der Waals surface area (Å²) in [7, 11) is 0. The van der Waals surface area contributed by atoms with Gasteiger partial charge in [0.2, 0.25) is 5.91 Å². The van der Waals surface area contributed by atoms with E-state index in [0.29, 0.717) is 23.8 Å². The lowest BCUT2D eigenvalue weighted by Crippen LogP contribution is -2.33. The van der Waals surface area contributed by atoms with Crippen molar-refractivity contribution in [1.82, 2.24) is 5.32 Å². The van der Waals surface area contributed by atoms with E-state index in [4.69, 9.17) is 10.5 Å². The number of hydrogen-bond donors (Lipinski definition) is 2. The predicted molar refractivity (Wildman–Crippen MR) is 86.8 cm³/mol. The van der Waals surface area contributed by atoms with Crippen LogP contribution in [0.3, 0.4) is 0 Å². The Hall–Kier alpha value is -2.04. The normalized spacial score (nSPS) is 11.7. The molecule has 0 aromatic heterocycles. The summed E-state index contributed by atoms with van der Waals surface area (Å²) in [5.74, 6) is 0.452. The minimum atomic E-state index is -0.484. The molecule has 22 heavy (non-hydrogen) atoms. The van der Waals surface area contributed by atoms with E-state index in [-0.39, 0.29) is 12.5 Å². The zero-order valence-corrected chi connectivity index (χ0v) is 13.4. The summed E-state index contributed by atoms with van der Waals surface area (Å²) < 4.78 is 5.39. The summed E-state index contributed by atoms with van der Waals surface area (Å²) in [6.45, 7) is 4.98. The molecule has 0 aliphatic heterocycles. The Balaban J connectivity index is 2.31. The standard InChI is InChI=1S/C17H26N2O3/c1-3-5-6-13(4-2)11-19-16(20)12-22-15-9-7-14(8-10-15)17(18)21/h7-10,13H,3-6,11-12H2,1-2H3,(H2,18,21)(H,19,20)/t13-/m1/s1. The molecule has 0 bridgehead atoms. The Morgan fingerprint density at radius 1 is 1.23 bits per heavy atom. The second-order valence-corrected chi connectivity index (χ2v) is 5.40. The first kappa shape index (κ1) is 18.0. The van der Waals surface area contributed by atoms with Crippen molar-refractivity contribution in [2.45, 2.75) is 39.5 Å². The topological polar surface area (TPSA) is 81.4 Å². The molecule has 122 valence electrons. The quantitative estimate of drug-likeness (QED) is 0.697. The van der Waals surface area contributed by atoms with Crippen LogP contribution in [0.4, 0.5) is 0 Å². The highest BCUT2D eigenvalue weighted by molar-refractivity contribution is 5.92. The highest BCUT2D eigenvalue weighted by Crippen LogP contribution is 2.12. The second kappa shape index (κ2) is 9.82. The molecule has 0 saturated carbocycles. The minimum absolute atomic E-state index is 0.0276. The van der Waals surface area contributed by atoms with E-state index in [1.54, 1.807) is 24.3 Å². The monoisotopic (exact) mass is 306 g/mol. The Morgan fingerprint density at radius 3 is 2.45 bits per heavy atom. The zero-order valence-electron chi connectivity index (χ0n) is 13.4. The fourth-order valence-corrected chi connectivity index (χ4v) is 2.12. The number of carbonyl (C=O) groups is 2. The summed E-state index contributed by atoms with van der Waals surface area (Å²) in [6, 6.07) is 6.41. The average molecular weight is 306 g/mol. The molecular formula is C17H26N2O3. The van der Waals surface area contributed by atoms with Crippen LogP contribution in [0.5, 0.6) is 5.75 Å². The van der Waals surface area contributed by atoms with Crippen LogP contribution in [0.1, 0.15) is 49.9 Å². The molecule has 5 heteroatoms. The Morgan fingerprint density at radius 2 is 1.91 bits per heavy atom. The van der Waals surface area contributed by atoms with E-state index < -0.39 is 5.91 Å². The van der Waals surface area contributed by atoms with Gasteiger partial charge in [-0.25, -0.2) is 0 Å². The molecule has 3 N–H and O–H groups in total. The van der Waals surface area contributed by atoms with E-state index in [2.05, 4.69) is 19.2 Å². The summed E-state index contributed by atoms with van der Waals surface area (Å²) in [5.41, 5.74) is 5.57. The van der Waals surface area contributed by atoms with Crippen LogP contribution in [-0.4, -0.2) is 25.0 Å². The van der Waals surface area contributed by atoms with Gasteiger partial charge in [0.15, 0.2) is 6.61 Å². The minimum Gasteiger partial charge on any atom is -0.484 e. The highest BCUT2D eigenvalue weighted by Gasteiger charge is 2.09. The number of nitrogens with two attached hydrogens (primary N) is 1. The van der Waals surface area contributed by atoms with Crippen LogP contribution in [0.15, 0.2) is 24.3 Å². The number of ether oxygens (including phenoxy) is 1. The highest BCUT2D eigenvalue weighted by atomic mass is 16.5. The van der Waals surface area contributed by atoms with Crippen LogP contribution in [0, 0.1) is 5.92 Å². The summed E-state index contributed by atoms with van der Waals surface area (Å²) >= 11 is 0. The number of carbonyl (C=O) groups excluding carboxylic acids is 2. The van der Waals surface area contributed by atoms with Gasteiger partial charge in [0.1, 0.15) is 5.75 Å². The van der Waals surface area contributed by atoms with Crippen LogP contribution in [0.2, 0.25) is 0 Å². The molecule has 1 aromatic rings. The SMILES string of the molecule is CCCC[C@@H](CC)CNC(=O)COc1ccc(C(N)=O)cc1. The molecule has 2 amide bonds. The first-order valence-electron chi connectivity index (χ1n) is 7.86. The van der Waals surface area contributed by atoms with Gasteiger partial charge in [-0.15, -0.1) is 0 Å². The Kier molecular flexibility index (Phi) is 8.04. The van der Waals surface area contributed by atoms with Gasteiger partial charge in [-0.3, -0.25) is 9.59 Å². The third-order valence-electron chi connectivity index (χ3n) is 3.64. The van der Waals surface area contributed by atoms with Gasteiger partial charge in [-0.1, -0.05) is 33.1 Å². The first-order chi connectivity index (χ1) is 10.6. The molecule has 0 fully saturated rings. The molecule has 0 unspecified atom stereocenters. The van der Waals surface area contributed by atoms with Gasteiger partial charge in [-0.2, -0.15) is 0 Å². The van der Waals surface area contributed by atoms with Crippen LogP contribution in [-0.2, 0) is 4.79 Å². The predicted octanol–water partition coefficient (Wildman–Crippen LogP) is 2.50. The summed E-state index contributed by atoms with van der Waals surface area (Å²) in [4.78, 5) is 22.7. The van der Waals surface area contributed by atoms with E-state index in [1.165, 1.54) is 12.8 Å². The number of primary amides is 1. The lowest BCUT2D eigenvalue weighted by molar-refractivity contribution is -0.123. The molecule has 0 heterocycles. The smallest absolute Gasteiger partial charge is 0.257 e. The molecule has 5 nitrogen and oxygen atoms in total.